The van der Waals surface area contributed by atoms with E-state index >= 15 is 0 Å². The average Bonchev–Trinajstić information content (AvgIpc) is 2.50. The molecule has 0 bridgehead atoms. The van der Waals surface area contributed by atoms with Crippen LogP contribution in [0.5, 0.6) is 0 Å². The van der Waals surface area contributed by atoms with E-state index in [9.17, 15) is 0 Å². The molecule has 2 N–H and O–H groups in total. The van der Waals surface area contributed by atoms with Gasteiger partial charge < -0.3 is 10.6 Å². The number of nitrogens with two attached hydrogens (primary N) is 1. The summed E-state index contributed by atoms with van der Waals surface area (Å²) in [6, 6.07) is 1.04. The van der Waals surface area contributed by atoms with Crippen LogP contribution in [0.25, 0.3) is 0 Å². The van der Waals surface area contributed by atoms with Gasteiger partial charge in [-0.25, -0.2) is 0 Å². The van der Waals surface area contributed by atoms with Crippen LogP contribution in [0.3, 0.4) is 0 Å². The summed E-state index contributed by atoms with van der Waals surface area (Å²) in [6.07, 6.45) is 3.69. The van der Waals surface area contributed by atoms with Crippen LogP contribution in [0.1, 0.15) is 33.1 Å². The number of likely N-dealkylation sites (tertiary alicyclic amines) is 2. The van der Waals surface area contributed by atoms with E-state index in [-0.39, 0.29) is 0 Å². The number of hydrogen-bond donors (Lipinski definition) is 1. The predicted octanol–water partition coefficient (Wildman–Crippen LogP) is 0.892. The third-order valence-corrected chi connectivity index (χ3v) is 4.42. The standard InChI is InChI=1S/C12H25N3/c1-10(2)15-7-4-11(13)12(15)5-8-14(3)9-6-12/h10-11H,4-9,13H2,1-3H3. The first kappa shape index (κ1) is 11.4. The molecule has 0 aliphatic carbocycles. The van der Waals surface area contributed by atoms with Crippen molar-refractivity contribution < 1.29 is 0 Å². The summed E-state index contributed by atoms with van der Waals surface area (Å²) < 4.78 is 0. The van der Waals surface area contributed by atoms with E-state index in [4.69, 9.17) is 5.73 Å². The number of hydrogen-bond acceptors (Lipinski definition) is 3. The van der Waals surface area contributed by atoms with Crippen LogP contribution in [0.2, 0.25) is 0 Å². The molecule has 2 heterocycles. The van der Waals surface area contributed by atoms with Crippen LogP contribution in [-0.2, 0) is 0 Å². The molecule has 0 aromatic rings. The summed E-state index contributed by atoms with van der Waals surface area (Å²) in [5.74, 6) is 0. The number of rotatable bonds is 1. The van der Waals surface area contributed by atoms with Gasteiger partial charge in [0.1, 0.15) is 0 Å². The van der Waals surface area contributed by atoms with E-state index < -0.39 is 0 Å². The fourth-order valence-electron chi connectivity index (χ4n) is 3.42. The fraction of sp³-hybridized carbons (Fsp3) is 1.00. The van der Waals surface area contributed by atoms with Gasteiger partial charge in [-0.1, -0.05) is 0 Å². The topological polar surface area (TPSA) is 32.5 Å². The zero-order chi connectivity index (χ0) is 11.1. The minimum Gasteiger partial charge on any atom is -0.326 e. The zero-order valence-electron chi connectivity index (χ0n) is 10.4. The Morgan fingerprint density at radius 2 is 1.80 bits per heavy atom. The van der Waals surface area contributed by atoms with Crippen LogP contribution >= 0.6 is 0 Å². The van der Waals surface area contributed by atoms with E-state index in [1.54, 1.807) is 0 Å². The van der Waals surface area contributed by atoms with Gasteiger partial charge in [-0.15, -0.1) is 0 Å². The average molecular weight is 211 g/mol. The summed E-state index contributed by atoms with van der Waals surface area (Å²) >= 11 is 0. The molecule has 0 aromatic carbocycles. The van der Waals surface area contributed by atoms with E-state index in [2.05, 4.69) is 30.7 Å². The van der Waals surface area contributed by atoms with Crippen LogP contribution in [0.4, 0.5) is 0 Å². The highest BCUT2D eigenvalue weighted by molar-refractivity contribution is 5.07. The molecule has 15 heavy (non-hydrogen) atoms. The Hall–Kier alpha value is -0.120. The molecule has 0 radical (unpaired) electrons. The molecular formula is C12H25N3. The summed E-state index contributed by atoms with van der Waals surface area (Å²) in [4.78, 5) is 5.08. The molecule has 1 atom stereocenters. The first-order valence-corrected chi connectivity index (χ1v) is 6.27. The Morgan fingerprint density at radius 3 is 2.33 bits per heavy atom. The third-order valence-electron chi connectivity index (χ3n) is 4.42. The molecule has 3 nitrogen and oxygen atoms in total. The van der Waals surface area contributed by atoms with Crippen molar-refractivity contribution in [1.82, 2.24) is 9.80 Å². The van der Waals surface area contributed by atoms with Gasteiger partial charge >= 0.3 is 0 Å². The van der Waals surface area contributed by atoms with E-state index in [0.717, 1.165) is 0 Å². The highest BCUT2D eigenvalue weighted by atomic mass is 15.3. The second kappa shape index (κ2) is 4.04. The largest absolute Gasteiger partial charge is 0.326 e. The zero-order valence-corrected chi connectivity index (χ0v) is 10.4. The summed E-state index contributed by atoms with van der Waals surface area (Å²) in [7, 11) is 2.22. The monoisotopic (exact) mass is 211 g/mol. The van der Waals surface area contributed by atoms with Gasteiger partial charge in [-0.3, -0.25) is 4.90 Å². The van der Waals surface area contributed by atoms with Crippen molar-refractivity contribution in [3.8, 4) is 0 Å². The molecule has 2 aliphatic heterocycles. The lowest BCUT2D eigenvalue weighted by Crippen LogP contribution is -2.60. The van der Waals surface area contributed by atoms with Gasteiger partial charge in [-0.05, 0) is 53.2 Å². The summed E-state index contributed by atoms with van der Waals surface area (Å²) in [5.41, 5.74) is 6.68. The predicted molar refractivity (Wildman–Crippen MR) is 63.9 cm³/mol. The van der Waals surface area contributed by atoms with Crippen molar-refractivity contribution in [3.05, 3.63) is 0 Å². The Balaban J connectivity index is 2.15. The number of piperidine rings is 1. The molecule has 2 fully saturated rings. The second-order valence-electron chi connectivity index (χ2n) is 5.59. The van der Waals surface area contributed by atoms with Gasteiger partial charge in [0.2, 0.25) is 0 Å². The second-order valence-corrected chi connectivity index (χ2v) is 5.59. The van der Waals surface area contributed by atoms with Gasteiger partial charge in [0.05, 0.1) is 0 Å². The van der Waals surface area contributed by atoms with Crippen LogP contribution in [-0.4, -0.2) is 54.1 Å². The van der Waals surface area contributed by atoms with Crippen LogP contribution < -0.4 is 5.73 Å². The molecule has 3 heteroatoms. The lowest BCUT2D eigenvalue weighted by Gasteiger charge is -2.48. The van der Waals surface area contributed by atoms with E-state index in [1.807, 2.05) is 0 Å². The molecular weight excluding hydrogens is 186 g/mol. The maximum absolute atomic E-state index is 6.36. The third kappa shape index (κ3) is 1.81. The molecule has 88 valence electrons. The molecule has 2 aliphatic rings. The van der Waals surface area contributed by atoms with Crippen molar-refractivity contribution in [3.63, 3.8) is 0 Å². The fourth-order valence-corrected chi connectivity index (χ4v) is 3.42. The van der Waals surface area contributed by atoms with Gasteiger partial charge in [0.25, 0.3) is 0 Å². The van der Waals surface area contributed by atoms with E-state index in [0.29, 0.717) is 17.6 Å². The summed E-state index contributed by atoms with van der Waals surface area (Å²) in [5, 5.41) is 0. The van der Waals surface area contributed by atoms with Crippen LogP contribution in [0.15, 0.2) is 0 Å². The Morgan fingerprint density at radius 1 is 1.20 bits per heavy atom. The smallest absolute Gasteiger partial charge is 0.0387 e. The first-order chi connectivity index (χ1) is 7.06. The Kier molecular flexibility index (Phi) is 3.06. The molecule has 1 unspecified atom stereocenters. The minimum absolute atomic E-state index is 0.320. The SMILES string of the molecule is CC(C)N1CCC(N)C12CCN(C)CC2. The highest BCUT2D eigenvalue weighted by Crippen LogP contribution is 2.38. The van der Waals surface area contributed by atoms with Crippen molar-refractivity contribution in [2.24, 2.45) is 5.73 Å². The Bertz CT molecular complexity index is 219. The molecule has 2 rings (SSSR count). The molecule has 0 saturated carbocycles. The highest BCUT2D eigenvalue weighted by Gasteiger charge is 2.48. The van der Waals surface area contributed by atoms with Crippen molar-refractivity contribution in [2.45, 2.75) is 50.7 Å². The molecule has 1 spiro atoms. The van der Waals surface area contributed by atoms with E-state index in [1.165, 1.54) is 38.9 Å². The molecule has 0 amide bonds. The minimum atomic E-state index is 0.320. The van der Waals surface area contributed by atoms with Gasteiger partial charge in [-0.2, -0.15) is 0 Å². The maximum atomic E-state index is 6.36. The molecule has 2 saturated heterocycles. The van der Waals surface area contributed by atoms with Gasteiger partial charge in [0.15, 0.2) is 0 Å². The lowest BCUT2D eigenvalue weighted by molar-refractivity contribution is 0.0317. The summed E-state index contributed by atoms with van der Waals surface area (Å²) in [6.45, 7) is 8.21. The Labute approximate surface area is 93.6 Å². The van der Waals surface area contributed by atoms with Gasteiger partial charge in [0, 0.05) is 24.2 Å². The lowest BCUT2D eigenvalue weighted by atomic mass is 9.81. The van der Waals surface area contributed by atoms with Crippen molar-refractivity contribution >= 4 is 0 Å². The quantitative estimate of drug-likeness (QED) is 0.699. The first-order valence-electron chi connectivity index (χ1n) is 6.27. The van der Waals surface area contributed by atoms with Crippen LogP contribution in [0, 0.1) is 0 Å². The number of nitrogens with zero attached hydrogens (tertiary/aromatic N) is 2. The van der Waals surface area contributed by atoms with Crippen molar-refractivity contribution in [1.29, 1.82) is 0 Å². The maximum Gasteiger partial charge on any atom is 0.0387 e. The normalized spacial score (nSPS) is 33.0. The van der Waals surface area contributed by atoms with Crippen molar-refractivity contribution in [2.75, 3.05) is 26.7 Å². The molecule has 0 aromatic heterocycles.